The summed E-state index contributed by atoms with van der Waals surface area (Å²) in [7, 11) is 2.56. The van der Waals surface area contributed by atoms with Crippen LogP contribution in [0.3, 0.4) is 0 Å². The summed E-state index contributed by atoms with van der Waals surface area (Å²) in [4.78, 5) is 0. The molecular formula is LiMgSSi. The van der Waals surface area contributed by atoms with Gasteiger partial charge in [-0.15, -0.1) is 11.6 Å². The van der Waals surface area contributed by atoms with Gasteiger partial charge in [0.05, 0.1) is 0 Å². The van der Waals surface area contributed by atoms with Gasteiger partial charge in [-0.2, -0.15) is 0 Å². The van der Waals surface area contributed by atoms with Crippen molar-refractivity contribution in [3.8, 4) is 0 Å². The van der Waals surface area contributed by atoms with E-state index >= 15 is 0 Å². The molecule has 0 fully saturated rings. The first-order valence-corrected chi connectivity index (χ1v) is 1.84. The van der Waals surface area contributed by atoms with Crippen LogP contribution in [0.15, 0.2) is 0 Å². The fourth-order valence-corrected chi connectivity index (χ4v) is 0. The van der Waals surface area contributed by atoms with Gasteiger partial charge in [-0.3, -0.25) is 0 Å². The van der Waals surface area contributed by atoms with Gasteiger partial charge in [0.25, 0.3) is 0 Å². The van der Waals surface area contributed by atoms with E-state index in [2.05, 4.69) is 20.6 Å². The summed E-state index contributed by atoms with van der Waals surface area (Å²) in [5.41, 5.74) is 0. The average Bonchev–Trinajstić information content (AvgIpc) is 1.00. The van der Waals surface area contributed by atoms with E-state index in [9.17, 15) is 0 Å². The van der Waals surface area contributed by atoms with Crippen LogP contribution >= 0.6 is 11.6 Å². The summed E-state index contributed by atoms with van der Waals surface area (Å²) in [5, 5.41) is 0. The van der Waals surface area contributed by atoms with Crippen LogP contribution in [0.5, 0.6) is 0 Å². The maximum Gasteiger partial charge on any atom is 0.137 e. The van der Waals surface area contributed by atoms with E-state index in [0.29, 0.717) is 0 Å². The summed E-state index contributed by atoms with van der Waals surface area (Å²) >= 11 is 3.89. The summed E-state index contributed by atoms with van der Waals surface area (Å²) in [6, 6.07) is 0. The largest absolute Gasteiger partial charge is 0.137 e. The van der Waals surface area contributed by atoms with Crippen molar-refractivity contribution >= 4 is 62.5 Å². The van der Waals surface area contributed by atoms with Crippen molar-refractivity contribution in [3.05, 3.63) is 0 Å². The third-order valence-corrected chi connectivity index (χ3v) is 0. The number of rotatable bonds is 0. The molecule has 0 amide bonds. The van der Waals surface area contributed by atoms with E-state index in [4.69, 9.17) is 0 Å². The molecule has 0 aliphatic carbocycles. The van der Waals surface area contributed by atoms with Crippen molar-refractivity contribution < 1.29 is 0 Å². The zero-order chi connectivity index (χ0) is 2.00. The minimum atomic E-state index is 0. The molecule has 0 nitrogen and oxygen atoms in total. The van der Waals surface area contributed by atoms with Gasteiger partial charge in [0.2, 0.25) is 0 Å². The van der Waals surface area contributed by atoms with Gasteiger partial charge in [-0.25, -0.2) is 0 Å². The standard InChI is InChI=1S/Li.Mg.SSi/c;;1-2. The molecule has 5 radical (unpaired) electrons. The summed E-state index contributed by atoms with van der Waals surface area (Å²) in [6.07, 6.45) is 0. The maximum atomic E-state index is 3.89. The summed E-state index contributed by atoms with van der Waals surface area (Å²) in [5.74, 6) is 0. The Morgan fingerprint density at radius 3 is 1.25 bits per heavy atom. The average molecular weight is 91.4 g/mol. The van der Waals surface area contributed by atoms with Crippen LogP contribution in [0.25, 0.3) is 0 Å². The fraction of sp³-hybridized carbons (Fsp3) is 0. The van der Waals surface area contributed by atoms with Crippen molar-refractivity contribution in [3.63, 3.8) is 0 Å². The smallest absolute Gasteiger partial charge is 0.137 e. The van der Waals surface area contributed by atoms with Gasteiger partial charge in [0.1, 0.15) is 8.95 Å². The zero-order valence-corrected chi connectivity index (χ0v) is 5.85. The van der Waals surface area contributed by atoms with Crippen molar-refractivity contribution in [2.24, 2.45) is 0 Å². The van der Waals surface area contributed by atoms with Crippen LogP contribution in [0, 0.1) is 0 Å². The molecule has 0 aromatic carbocycles. The van der Waals surface area contributed by atoms with E-state index in [-0.39, 0.29) is 41.9 Å². The first-order chi connectivity index (χ1) is 1.00. The van der Waals surface area contributed by atoms with Crippen molar-refractivity contribution in [2.45, 2.75) is 0 Å². The van der Waals surface area contributed by atoms with Crippen LogP contribution in [0.2, 0.25) is 0 Å². The second-order valence-electron chi connectivity index (χ2n) is 0. The minimum absolute atomic E-state index is 0. The quantitative estimate of drug-likeness (QED) is 0.363. The van der Waals surface area contributed by atoms with Gasteiger partial charge in [-0.1, -0.05) is 0 Å². The second kappa shape index (κ2) is 21.4. The molecule has 4 heavy (non-hydrogen) atoms. The molecule has 0 spiro atoms. The topological polar surface area (TPSA) is 0 Å². The zero-order valence-electron chi connectivity index (χ0n) is 2.62. The summed E-state index contributed by atoms with van der Waals surface area (Å²) < 4.78 is 0. The molecule has 0 N–H and O–H groups in total. The van der Waals surface area contributed by atoms with Gasteiger partial charge in [0, 0.05) is 41.9 Å². The molecule has 0 unspecified atom stereocenters. The molecular weight excluding hydrogens is 91.4 g/mol. The Hall–Kier alpha value is 1.80. The van der Waals surface area contributed by atoms with Crippen LogP contribution in [0.1, 0.15) is 0 Å². The van der Waals surface area contributed by atoms with E-state index in [1.165, 1.54) is 0 Å². The molecule has 0 aromatic rings. The Labute approximate surface area is 62.0 Å². The van der Waals surface area contributed by atoms with Gasteiger partial charge < -0.3 is 0 Å². The third-order valence-electron chi connectivity index (χ3n) is 0. The molecule has 0 atom stereocenters. The first kappa shape index (κ1) is 17.0. The van der Waals surface area contributed by atoms with Crippen molar-refractivity contribution in [2.75, 3.05) is 0 Å². The Balaban J connectivity index is -0.00000000500. The van der Waals surface area contributed by atoms with Crippen molar-refractivity contribution in [1.82, 2.24) is 0 Å². The minimum Gasteiger partial charge on any atom is -0.137 e. The number of hydrogen-bond acceptors (Lipinski definition) is 1. The molecule has 0 rings (SSSR count). The Bertz CT molecular complexity index is 8.00. The van der Waals surface area contributed by atoms with Crippen LogP contribution in [0.4, 0.5) is 0 Å². The first-order valence-electron chi connectivity index (χ1n) is 0.204. The monoisotopic (exact) mass is 91.0 g/mol. The summed E-state index contributed by atoms with van der Waals surface area (Å²) in [6.45, 7) is 0. The van der Waals surface area contributed by atoms with Gasteiger partial charge >= 0.3 is 0 Å². The van der Waals surface area contributed by atoms with Crippen LogP contribution in [-0.2, 0) is 0 Å². The second-order valence-corrected chi connectivity index (χ2v) is 0. The van der Waals surface area contributed by atoms with Gasteiger partial charge in [-0.05, 0) is 0 Å². The molecule has 0 aliphatic rings. The van der Waals surface area contributed by atoms with E-state index in [1.54, 1.807) is 0 Å². The molecule has 0 saturated carbocycles. The van der Waals surface area contributed by atoms with E-state index in [1.807, 2.05) is 0 Å². The van der Waals surface area contributed by atoms with Crippen molar-refractivity contribution in [1.29, 1.82) is 0 Å². The van der Waals surface area contributed by atoms with Gasteiger partial charge in [0.15, 0.2) is 0 Å². The van der Waals surface area contributed by atoms with E-state index < -0.39 is 0 Å². The molecule has 0 heterocycles. The molecule has 0 aromatic heterocycles. The molecule has 0 bridgehead atoms. The van der Waals surface area contributed by atoms with Crippen LogP contribution in [-0.4, -0.2) is 50.9 Å². The predicted octanol–water partition coefficient (Wildman–Crippen LogP) is -0.494. The molecule has 13 valence electrons. The Morgan fingerprint density at radius 1 is 1.25 bits per heavy atom. The number of hydrogen-bond donors (Lipinski definition) is 0. The predicted molar refractivity (Wildman–Crippen MR) is 24.9 cm³/mol. The van der Waals surface area contributed by atoms with E-state index in [0.717, 1.165) is 0 Å². The van der Waals surface area contributed by atoms with Crippen LogP contribution < -0.4 is 0 Å². The molecule has 0 saturated heterocycles. The third kappa shape index (κ3) is 9.19. The SMILES string of the molecule is [Li].[Mg].[Si]=S. The Kier molecular flexibility index (Phi) is 91.1. The Morgan fingerprint density at radius 2 is 1.25 bits per heavy atom. The fourth-order valence-electron chi connectivity index (χ4n) is 0. The normalized spacial score (nSPS) is 1.00. The molecule has 0 aliphatic heterocycles. The molecule has 4 heteroatoms. The maximum absolute atomic E-state index is 3.89.